The highest BCUT2D eigenvalue weighted by Gasteiger charge is 2.04. The fourth-order valence-electron chi connectivity index (χ4n) is 1.61. The van der Waals surface area contributed by atoms with Crippen LogP contribution in [0.4, 0.5) is 0 Å². The smallest absolute Gasteiger partial charge is 0.106 e. The van der Waals surface area contributed by atoms with Gasteiger partial charge in [0.1, 0.15) is 5.82 Å². The molecular formula is C14H25N3. The molecule has 17 heavy (non-hydrogen) atoms. The van der Waals surface area contributed by atoms with Crippen molar-refractivity contribution in [1.82, 2.24) is 9.55 Å². The zero-order valence-electron chi connectivity index (χ0n) is 11.7. The average molecular weight is 235 g/mol. The Morgan fingerprint density at radius 1 is 1.12 bits per heavy atom. The van der Waals surface area contributed by atoms with Crippen molar-refractivity contribution in [1.29, 1.82) is 0 Å². The molecule has 0 spiro atoms. The summed E-state index contributed by atoms with van der Waals surface area (Å²) >= 11 is 0. The van der Waals surface area contributed by atoms with Crippen molar-refractivity contribution in [2.45, 2.75) is 41.2 Å². The predicted octanol–water partition coefficient (Wildman–Crippen LogP) is 3.36. The second kappa shape index (κ2) is 8.76. The average Bonchev–Trinajstić information content (AvgIpc) is 2.72. The van der Waals surface area contributed by atoms with E-state index in [0.29, 0.717) is 6.54 Å². The van der Waals surface area contributed by atoms with Crippen molar-refractivity contribution in [3.63, 3.8) is 0 Å². The molecule has 0 aliphatic heterocycles. The van der Waals surface area contributed by atoms with Crippen LogP contribution >= 0.6 is 0 Å². The van der Waals surface area contributed by atoms with E-state index >= 15 is 0 Å². The quantitative estimate of drug-likeness (QED) is 0.867. The molecule has 3 heteroatoms. The number of aryl methyl sites for hydroxylation is 1. The van der Waals surface area contributed by atoms with Gasteiger partial charge in [0.05, 0.1) is 11.0 Å². The second-order valence-electron chi connectivity index (χ2n) is 3.09. The van der Waals surface area contributed by atoms with Crippen LogP contribution in [0.1, 0.15) is 33.5 Å². The Hall–Kier alpha value is -1.35. The van der Waals surface area contributed by atoms with Crippen LogP contribution in [-0.2, 0) is 6.54 Å². The van der Waals surface area contributed by atoms with E-state index in [1.165, 1.54) is 5.52 Å². The lowest BCUT2D eigenvalue weighted by Gasteiger charge is -2.03. The molecule has 0 saturated carbocycles. The van der Waals surface area contributed by atoms with Gasteiger partial charge < -0.3 is 10.3 Å². The molecule has 2 aromatic rings. The number of nitrogens with two attached hydrogens (primary N) is 1. The first-order valence-electron chi connectivity index (χ1n) is 6.45. The van der Waals surface area contributed by atoms with Crippen molar-refractivity contribution >= 4 is 11.0 Å². The highest BCUT2D eigenvalue weighted by molar-refractivity contribution is 5.75. The zero-order valence-corrected chi connectivity index (χ0v) is 11.7. The standard InChI is InChI=1S/C10H13N3.2C2H6/c1-8-12-9-4-2-3-5-10(9)13(8)7-6-11;2*1-2/h2-5H,6-7,11H2,1H3;2*1-2H3. The SMILES string of the molecule is CC.CC.Cc1nc2ccccc2n1CCN. The van der Waals surface area contributed by atoms with Gasteiger partial charge in [0.15, 0.2) is 0 Å². The molecule has 1 aromatic heterocycles. The number of nitrogens with zero attached hydrogens (tertiary/aromatic N) is 2. The third-order valence-corrected chi connectivity index (χ3v) is 2.20. The van der Waals surface area contributed by atoms with E-state index in [-0.39, 0.29) is 0 Å². The molecule has 96 valence electrons. The van der Waals surface area contributed by atoms with Crippen molar-refractivity contribution in [3.05, 3.63) is 30.1 Å². The summed E-state index contributed by atoms with van der Waals surface area (Å²) in [6.45, 7) is 11.5. The normalized spacial score (nSPS) is 9.06. The molecule has 0 amide bonds. The minimum Gasteiger partial charge on any atom is -0.329 e. The monoisotopic (exact) mass is 235 g/mol. The van der Waals surface area contributed by atoms with Gasteiger partial charge in [-0.1, -0.05) is 39.8 Å². The third-order valence-electron chi connectivity index (χ3n) is 2.20. The maximum absolute atomic E-state index is 5.53. The molecule has 0 aliphatic carbocycles. The van der Waals surface area contributed by atoms with Gasteiger partial charge in [-0.15, -0.1) is 0 Å². The molecule has 1 aromatic carbocycles. The number of rotatable bonds is 2. The van der Waals surface area contributed by atoms with Crippen LogP contribution in [0.5, 0.6) is 0 Å². The fourth-order valence-corrected chi connectivity index (χ4v) is 1.61. The number of aromatic nitrogens is 2. The molecule has 0 unspecified atom stereocenters. The van der Waals surface area contributed by atoms with Gasteiger partial charge in [0.2, 0.25) is 0 Å². The molecule has 0 saturated heterocycles. The van der Waals surface area contributed by atoms with Crippen molar-refractivity contribution in [2.24, 2.45) is 5.73 Å². The summed E-state index contributed by atoms with van der Waals surface area (Å²) in [7, 11) is 0. The van der Waals surface area contributed by atoms with Gasteiger partial charge in [0, 0.05) is 13.1 Å². The van der Waals surface area contributed by atoms with E-state index in [9.17, 15) is 0 Å². The second-order valence-corrected chi connectivity index (χ2v) is 3.09. The van der Waals surface area contributed by atoms with E-state index in [0.717, 1.165) is 17.9 Å². The number of hydrogen-bond donors (Lipinski definition) is 1. The summed E-state index contributed by atoms with van der Waals surface area (Å²) in [4.78, 5) is 4.44. The number of fused-ring (bicyclic) bond motifs is 1. The van der Waals surface area contributed by atoms with Crippen LogP contribution in [0, 0.1) is 6.92 Å². The number of imidazole rings is 1. The Labute approximate surface area is 105 Å². The van der Waals surface area contributed by atoms with E-state index in [1.54, 1.807) is 0 Å². The minimum absolute atomic E-state index is 0.654. The van der Waals surface area contributed by atoms with Gasteiger partial charge in [-0.05, 0) is 19.1 Å². The molecule has 3 nitrogen and oxygen atoms in total. The highest BCUT2D eigenvalue weighted by atomic mass is 15.1. The topological polar surface area (TPSA) is 43.8 Å². The Balaban J connectivity index is 0.000000581. The Kier molecular flexibility index (Phi) is 8.07. The van der Waals surface area contributed by atoms with Crippen molar-refractivity contribution < 1.29 is 0 Å². The van der Waals surface area contributed by atoms with Crippen LogP contribution in [0.15, 0.2) is 24.3 Å². The molecular weight excluding hydrogens is 210 g/mol. The fraction of sp³-hybridized carbons (Fsp3) is 0.500. The van der Waals surface area contributed by atoms with Gasteiger partial charge in [-0.25, -0.2) is 4.98 Å². The lowest BCUT2D eigenvalue weighted by molar-refractivity contribution is 0.703. The molecule has 0 fully saturated rings. The van der Waals surface area contributed by atoms with Crippen molar-refractivity contribution in [3.8, 4) is 0 Å². The summed E-state index contributed by atoms with van der Waals surface area (Å²) in [5.41, 5.74) is 7.75. The molecule has 1 heterocycles. The maximum Gasteiger partial charge on any atom is 0.106 e. The summed E-state index contributed by atoms with van der Waals surface area (Å²) in [5.74, 6) is 1.03. The molecule has 0 radical (unpaired) electrons. The molecule has 2 N–H and O–H groups in total. The van der Waals surface area contributed by atoms with Gasteiger partial charge in [0.25, 0.3) is 0 Å². The molecule has 2 rings (SSSR count). The van der Waals surface area contributed by atoms with Gasteiger partial charge in [-0.3, -0.25) is 0 Å². The molecule has 0 bridgehead atoms. The minimum atomic E-state index is 0.654. The summed E-state index contributed by atoms with van der Waals surface area (Å²) in [5, 5.41) is 0. The van der Waals surface area contributed by atoms with Crippen LogP contribution in [-0.4, -0.2) is 16.1 Å². The van der Waals surface area contributed by atoms with E-state index in [4.69, 9.17) is 5.73 Å². The Bertz CT molecular complexity index is 418. The molecule has 0 atom stereocenters. The number of hydrogen-bond acceptors (Lipinski definition) is 2. The van der Waals surface area contributed by atoms with Crippen LogP contribution < -0.4 is 5.73 Å². The summed E-state index contributed by atoms with van der Waals surface area (Å²) < 4.78 is 2.15. The maximum atomic E-state index is 5.53. The first kappa shape index (κ1) is 15.7. The van der Waals surface area contributed by atoms with Gasteiger partial charge in [-0.2, -0.15) is 0 Å². The van der Waals surface area contributed by atoms with Crippen molar-refractivity contribution in [2.75, 3.05) is 6.54 Å². The summed E-state index contributed by atoms with van der Waals surface area (Å²) in [6.07, 6.45) is 0. The lowest BCUT2D eigenvalue weighted by atomic mass is 10.3. The first-order valence-corrected chi connectivity index (χ1v) is 6.45. The number of benzene rings is 1. The lowest BCUT2D eigenvalue weighted by Crippen LogP contribution is -2.10. The van der Waals surface area contributed by atoms with Crippen LogP contribution in [0.2, 0.25) is 0 Å². The van der Waals surface area contributed by atoms with E-state index in [1.807, 2.05) is 52.8 Å². The predicted molar refractivity (Wildman–Crippen MR) is 76.2 cm³/mol. The largest absolute Gasteiger partial charge is 0.329 e. The Morgan fingerprint density at radius 2 is 1.71 bits per heavy atom. The van der Waals surface area contributed by atoms with E-state index < -0.39 is 0 Å². The highest BCUT2D eigenvalue weighted by Crippen LogP contribution is 2.14. The van der Waals surface area contributed by atoms with Crippen LogP contribution in [0.3, 0.4) is 0 Å². The first-order chi connectivity index (χ1) is 8.33. The van der Waals surface area contributed by atoms with E-state index in [2.05, 4.69) is 15.6 Å². The zero-order chi connectivity index (χ0) is 13.3. The summed E-state index contributed by atoms with van der Waals surface area (Å²) in [6, 6.07) is 8.12. The van der Waals surface area contributed by atoms with Crippen LogP contribution in [0.25, 0.3) is 11.0 Å². The Morgan fingerprint density at radius 3 is 2.29 bits per heavy atom. The third kappa shape index (κ3) is 3.86. The van der Waals surface area contributed by atoms with Gasteiger partial charge >= 0.3 is 0 Å². The number of para-hydroxylation sites is 2. The molecule has 0 aliphatic rings.